The van der Waals surface area contributed by atoms with Crippen LogP contribution in [0.25, 0.3) is 32.6 Å². The third kappa shape index (κ3) is 1.50. The molecule has 0 saturated carbocycles. The number of hydrogen-bond donors (Lipinski definition) is 2. The smallest absolute Gasteiger partial charge is 0.133 e. The summed E-state index contributed by atoms with van der Waals surface area (Å²) in [6.45, 7) is 0.556. The summed E-state index contributed by atoms with van der Waals surface area (Å²) in [4.78, 5) is 13.1. The van der Waals surface area contributed by atoms with Crippen molar-refractivity contribution in [1.82, 2.24) is 15.0 Å². The molecule has 0 saturated heterocycles. The Balaban J connectivity index is 2.14. The summed E-state index contributed by atoms with van der Waals surface area (Å²) < 4.78 is 0. The van der Waals surface area contributed by atoms with Crippen LogP contribution in [0.15, 0.2) is 36.8 Å². The largest absolute Gasteiger partial charge is 0.395 e. The van der Waals surface area contributed by atoms with Crippen LogP contribution in [0.5, 0.6) is 0 Å². The Morgan fingerprint density at radius 3 is 2.55 bits per heavy atom. The van der Waals surface area contributed by atoms with Gasteiger partial charge in [-0.1, -0.05) is 6.07 Å². The number of nitrogens with zero attached hydrogens (tertiary/aromatic N) is 3. The molecule has 0 bridgehead atoms. The highest BCUT2D eigenvalue weighted by atomic mass is 16.3. The number of pyridine rings is 1. The van der Waals surface area contributed by atoms with Gasteiger partial charge in [0.2, 0.25) is 0 Å². The molecule has 0 atom stereocenters. The average Bonchev–Trinajstić information content (AvgIpc) is 2.51. The summed E-state index contributed by atoms with van der Waals surface area (Å²) in [6.07, 6.45) is 3.43. The lowest BCUT2D eigenvalue weighted by atomic mass is 10.0. The first kappa shape index (κ1) is 11.3. The molecule has 2 aromatic carbocycles. The van der Waals surface area contributed by atoms with Crippen molar-refractivity contribution in [2.75, 3.05) is 18.5 Å². The minimum absolute atomic E-state index is 0.0762. The lowest BCUT2D eigenvalue weighted by Crippen LogP contribution is -2.07. The minimum Gasteiger partial charge on any atom is -0.395 e. The van der Waals surface area contributed by atoms with Crippen LogP contribution in [-0.4, -0.2) is 33.2 Å². The lowest BCUT2D eigenvalue weighted by molar-refractivity contribution is 0.311. The van der Waals surface area contributed by atoms with E-state index in [1.807, 2.05) is 30.5 Å². The van der Waals surface area contributed by atoms with Gasteiger partial charge in [-0.05, 0) is 18.2 Å². The Hall–Kier alpha value is -2.53. The average molecular weight is 264 g/mol. The molecule has 4 rings (SSSR count). The molecular weight excluding hydrogens is 252 g/mol. The zero-order valence-electron chi connectivity index (χ0n) is 10.7. The minimum atomic E-state index is 0.0762. The van der Waals surface area contributed by atoms with E-state index in [0.717, 1.165) is 38.4 Å². The fourth-order valence-electron chi connectivity index (χ4n) is 2.68. The standard InChI is InChI=1S/C15H12N4O/c20-6-5-16-15-10-2-4-12-14-11(18-8-19-12)3-1-9(7-17-15)13(10)14/h1-4,7-8,20H,5-6H2,(H,16,17). The molecule has 98 valence electrons. The first-order valence-electron chi connectivity index (χ1n) is 6.48. The first-order chi connectivity index (χ1) is 9.88. The summed E-state index contributed by atoms with van der Waals surface area (Å²) in [6, 6.07) is 8.02. The second-order valence-electron chi connectivity index (χ2n) is 4.69. The normalized spacial score (nSPS) is 11.7. The van der Waals surface area contributed by atoms with Gasteiger partial charge in [0, 0.05) is 34.3 Å². The zero-order chi connectivity index (χ0) is 13.5. The maximum Gasteiger partial charge on any atom is 0.133 e. The van der Waals surface area contributed by atoms with Gasteiger partial charge in [-0.2, -0.15) is 0 Å². The van der Waals surface area contributed by atoms with Gasteiger partial charge in [0.1, 0.15) is 12.1 Å². The number of aromatic nitrogens is 3. The quantitative estimate of drug-likeness (QED) is 0.555. The van der Waals surface area contributed by atoms with E-state index in [2.05, 4.69) is 20.3 Å². The van der Waals surface area contributed by atoms with E-state index in [9.17, 15) is 0 Å². The van der Waals surface area contributed by atoms with Gasteiger partial charge < -0.3 is 10.4 Å². The highest BCUT2D eigenvalue weighted by Crippen LogP contribution is 2.34. The van der Waals surface area contributed by atoms with Gasteiger partial charge in [0.15, 0.2) is 0 Å². The van der Waals surface area contributed by atoms with E-state index >= 15 is 0 Å². The molecule has 2 aromatic heterocycles. The fraction of sp³-hybridized carbons (Fsp3) is 0.133. The van der Waals surface area contributed by atoms with E-state index in [1.54, 1.807) is 6.33 Å². The Morgan fingerprint density at radius 1 is 0.950 bits per heavy atom. The molecule has 0 spiro atoms. The van der Waals surface area contributed by atoms with Gasteiger partial charge in [-0.15, -0.1) is 0 Å². The van der Waals surface area contributed by atoms with E-state index in [0.29, 0.717) is 6.54 Å². The molecule has 5 nitrogen and oxygen atoms in total. The molecule has 0 aliphatic rings. The maximum absolute atomic E-state index is 8.96. The first-order valence-corrected chi connectivity index (χ1v) is 6.48. The molecule has 4 aromatic rings. The van der Waals surface area contributed by atoms with Gasteiger partial charge >= 0.3 is 0 Å². The van der Waals surface area contributed by atoms with Crippen molar-refractivity contribution >= 4 is 38.4 Å². The maximum atomic E-state index is 8.96. The number of rotatable bonds is 3. The molecule has 0 radical (unpaired) electrons. The highest BCUT2D eigenvalue weighted by molar-refractivity contribution is 6.22. The number of benzene rings is 2. The van der Waals surface area contributed by atoms with Crippen LogP contribution in [-0.2, 0) is 0 Å². The summed E-state index contributed by atoms with van der Waals surface area (Å²) in [5.74, 6) is 0.782. The number of nitrogens with one attached hydrogen (secondary N) is 1. The third-order valence-corrected chi connectivity index (χ3v) is 3.53. The molecule has 0 aliphatic carbocycles. The van der Waals surface area contributed by atoms with Crippen LogP contribution in [0.4, 0.5) is 5.82 Å². The lowest BCUT2D eigenvalue weighted by Gasteiger charge is -2.12. The van der Waals surface area contributed by atoms with Crippen LogP contribution in [0.2, 0.25) is 0 Å². The van der Waals surface area contributed by atoms with Crippen molar-refractivity contribution in [3.63, 3.8) is 0 Å². The molecule has 0 fully saturated rings. The molecule has 0 aliphatic heterocycles. The van der Waals surface area contributed by atoms with Gasteiger partial charge in [0.25, 0.3) is 0 Å². The van der Waals surface area contributed by atoms with Gasteiger partial charge in [0.05, 0.1) is 17.6 Å². The number of hydrogen-bond acceptors (Lipinski definition) is 5. The molecule has 0 unspecified atom stereocenters. The molecule has 5 heteroatoms. The van der Waals surface area contributed by atoms with Crippen molar-refractivity contribution < 1.29 is 5.11 Å². The summed E-state index contributed by atoms with van der Waals surface area (Å²) in [5, 5.41) is 16.4. The van der Waals surface area contributed by atoms with Crippen LogP contribution >= 0.6 is 0 Å². The fourth-order valence-corrected chi connectivity index (χ4v) is 2.68. The Bertz CT molecular complexity index is 890. The molecule has 2 N–H and O–H groups in total. The predicted octanol–water partition coefficient (Wildman–Crippen LogP) is 2.17. The van der Waals surface area contributed by atoms with Crippen LogP contribution in [0.1, 0.15) is 0 Å². The molecule has 20 heavy (non-hydrogen) atoms. The molecular formula is C15H12N4O. The summed E-state index contributed by atoms with van der Waals surface area (Å²) in [5.41, 5.74) is 1.87. The predicted molar refractivity (Wildman–Crippen MR) is 79.1 cm³/mol. The number of aliphatic hydroxyl groups is 1. The van der Waals surface area contributed by atoms with E-state index < -0.39 is 0 Å². The Kier molecular flexibility index (Phi) is 2.40. The third-order valence-electron chi connectivity index (χ3n) is 3.53. The van der Waals surface area contributed by atoms with Crippen LogP contribution < -0.4 is 5.32 Å². The number of aliphatic hydroxyl groups excluding tert-OH is 1. The highest BCUT2D eigenvalue weighted by Gasteiger charge is 2.12. The Morgan fingerprint density at radius 2 is 1.75 bits per heavy atom. The van der Waals surface area contributed by atoms with E-state index in [-0.39, 0.29) is 6.61 Å². The van der Waals surface area contributed by atoms with Crippen molar-refractivity contribution in [1.29, 1.82) is 0 Å². The number of anilines is 1. The second-order valence-corrected chi connectivity index (χ2v) is 4.69. The van der Waals surface area contributed by atoms with Gasteiger partial charge in [-0.25, -0.2) is 15.0 Å². The van der Waals surface area contributed by atoms with Crippen molar-refractivity contribution in [3.05, 3.63) is 36.8 Å². The van der Waals surface area contributed by atoms with Crippen molar-refractivity contribution in [2.24, 2.45) is 0 Å². The zero-order valence-corrected chi connectivity index (χ0v) is 10.7. The van der Waals surface area contributed by atoms with Crippen LogP contribution in [0.3, 0.4) is 0 Å². The monoisotopic (exact) mass is 264 g/mol. The molecule has 0 amide bonds. The summed E-state index contributed by atoms with van der Waals surface area (Å²) >= 11 is 0. The van der Waals surface area contributed by atoms with Crippen molar-refractivity contribution in [2.45, 2.75) is 0 Å². The van der Waals surface area contributed by atoms with Gasteiger partial charge in [-0.3, -0.25) is 0 Å². The van der Waals surface area contributed by atoms with E-state index in [4.69, 9.17) is 5.11 Å². The SMILES string of the molecule is OCCNc1ncc2ccc3ncnc4ccc1c2c34. The van der Waals surface area contributed by atoms with E-state index in [1.165, 1.54) is 0 Å². The Labute approximate surface area is 114 Å². The second kappa shape index (κ2) is 4.25. The summed E-state index contributed by atoms with van der Waals surface area (Å²) in [7, 11) is 0. The van der Waals surface area contributed by atoms with Crippen LogP contribution in [0, 0.1) is 0 Å². The van der Waals surface area contributed by atoms with Crippen molar-refractivity contribution in [3.8, 4) is 0 Å². The molecule has 2 heterocycles. The topological polar surface area (TPSA) is 70.9 Å².